The number of anilines is 1. The van der Waals surface area contributed by atoms with Crippen LogP contribution in [0, 0.1) is 12.8 Å². The molecule has 0 spiro atoms. The Labute approximate surface area is 222 Å². The standard InChI is InChI=1S/C29H35ClN2O5/c1-18-23-15-21(11-12-22(23)26(33)37-32-18)31-27(34)29(35,16-19-8-6-5-7-9-19)17-28(2,3)24-14-20(30)10-13-25(24)36-4/h10-15,19,35H,5-9,16-17H2,1-4H3,(H,31,34). The van der Waals surface area contributed by atoms with Gasteiger partial charge in [-0.15, -0.1) is 0 Å². The number of halogens is 1. The second-order valence-electron chi connectivity index (χ2n) is 10.9. The van der Waals surface area contributed by atoms with Crippen molar-refractivity contribution in [2.45, 2.75) is 76.7 Å². The Morgan fingerprint density at radius 1 is 1.16 bits per heavy atom. The molecule has 4 rings (SSSR count). The largest absolute Gasteiger partial charge is 0.496 e. The first-order valence-corrected chi connectivity index (χ1v) is 13.2. The third-order valence-corrected chi connectivity index (χ3v) is 7.79. The van der Waals surface area contributed by atoms with Crippen LogP contribution in [0.5, 0.6) is 5.75 Å². The topological polar surface area (TPSA) is 102 Å². The number of carbonyl (C=O) groups excluding carboxylic acids is 1. The molecule has 7 nitrogen and oxygen atoms in total. The first-order chi connectivity index (χ1) is 17.5. The van der Waals surface area contributed by atoms with E-state index in [1.165, 1.54) is 6.42 Å². The van der Waals surface area contributed by atoms with Crippen LogP contribution in [0.3, 0.4) is 0 Å². The van der Waals surface area contributed by atoms with Crippen molar-refractivity contribution < 1.29 is 19.2 Å². The lowest BCUT2D eigenvalue weighted by Crippen LogP contribution is -2.48. The molecular formula is C29H35ClN2O5. The van der Waals surface area contributed by atoms with Crippen LogP contribution in [0.2, 0.25) is 5.02 Å². The van der Waals surface area contributed by atoms with Gasteiger partial charge in [0, 0.05) is 21.7 Å². The third kappa shape index (κ3) is 5.99. The molecule has 0 radical (unpaired) electrons. The summed E-state index contributed by atoms with van der Waals surface area (Å²) in [6.07, 6.45) is 5.92. The smallest absolute Gasteiger partial charge is 0.366 e. The predicted molar refractivity (Wildman–Crippen MR) is 145 cm³/mol. The number of hydrogen-bond donors (Lipinski definition) is 2. The van der Waals surface area contributed by atoms with E-state index in [2.05, 4.69) is 10.5 Å². The van der Waals surface area contributed by atoms with E-state index < -0.39 is 22.5 Å². The van der Waals surface area contributed by atoms with Gasteiger partial charge in [0.05, 0.1) is 18.2 Å². The average Bonchev–Trinajstić information content (AvgIpc) is 2.86. The summed E-state index contributed by atoms with van der Waals surface area (Å²) in [5.74, 6) is 0.445. The summed E-state index contributed by atoms with van der Waals surface area (Å²) in [5.41, 5.74) is -0.956. The van der Waals surface area contributed by atoms with Gasteiger partial charge in [0.2, 0.25) is 0 Å². The molecule has 0 saturated heterocycles. The van der Waals surface area contributed by atoms with Gasteiger partial charge in [0.25, 0.3) is 5.91 Å². The fraction of sp³-hybridized carbons (Fsp3) is 0.483. The van der Waals surface area contributed by atoms with Crippen molar-refractivity contribution in [2.24, 2.45) is 5.92 Å². The molecule has 3 aromatic rings. The molecule has 1 unspecified atom stereocenters. The number of aliphatic hydroxyl groups is 1. The lowest BCUT2D eigenvalue weighted by molar-refractivity contribution is -0.138. The Hall–Kier alpha value is -2.90. The van der Waals surface area contributed by atoms with E-state index in [9.17, 15) is 14.7 Å². The molecule has 37 heavy (non-hydrogen) atoms. The van der Waals surface area contributed by atoms with Crippen LogP contribution in [-0.2, 0) is 10.2 Å². The monoisotopic (exact) mass is 526 g/mol. The first-order valence-electron chi connectivity index (χ1n) is 12.8. The number of amides is 1. The predicted octanol–water partition coefficient (Wildman–Crippen LogP) is 6.17. The summed E-state index contributed by atoms with van der Waals surface area (Å²) >= 11 is 6.32. The second kappa shape index (κ2) is 10.8. The van der Waals surface area contributed by atoms with Crippen molar-refractivity contribution in [1.29, 1.82) is 0 Å². The zero-order valence-electron chi connectivity index (χ0n) is 21.9. The van der Waals surface area contributed by atoms with E-state index in [1.54, 1.807) is 38.3 Å². The van der Waals surface area contributed by atoms with Crippen LogP contribution in [0.4, 0.5) is 5.69 Å². The van der Waals surface area contributed by atoms with Crippen LogP contribution in [0.15, 0.2) is 45.7 Å². The number of methoxy groups -OCH3 is 1. The average molecular weight is 527 g/mol. The third-order valence-electron chi connectivity index (χ3n) is 7.55. The van der Waals surface area contributed by atoms with Gasteiger partial charge in [-0.2, -0.15) is 0 Å². The molecule has 8 heteroatoms. The van der Waals surface area contributed by atoms with Crippen LogP contribution in [0.25, 0.3) is 10.8 Å². The van der Waals surface area contributed by atoms with E-state index in [-0.39, 0.29) is 12.3 Å². The number of ether oxygens (including phenoxy) is 1. The maximum atomic E-state index is 13.8. The summed E-state index contributed by atoms with van der Waals surface area (Å²) in [6.45, 7) is 5.71. The summed E-state index contributed by atoms with van der Waals surface area (Å²) < 4.78 is 10.4. The second-order valence-corrected chi connectivity index (χ2v) is 11.4. The molecule has 0 aliphatic heterocycles. The van der Waals surface area contributed by atoms with Crippen molar-refractivity contribution >= 4 is 34.0 Å². The van der Waals surface area contributed by atoms with E-state index in [1.807, 2.05) is 26.0 Å². The Bertz CT molecular complexity index is 1350. The molecule has 1 aliphatic rings. The molecule has 1 aliphatic carbocycles. The summed E-state index contributed by atoms with van der Waals surface area (Å²) in [6, 6.07) is 10.3. The molecule has 0 bridgehead atoms. The summed E-state index contributed by atoms with van der Waals surface area (Å²) in [4.78, 5) is 25.8. The van der Waals surface area contributed by atoms with Gasteiger partial charge in [-0.25, -0.2) is 4.79 Å². The SMILES string of the molecule is COc1ccc(Cl)cc1C(C)(C)CC(O)(CC1CCCCC1)C(=O)Nc1ccc2c(=O)onc(C)c2c1. The number of carbonyl (C=O) groups is 1. The van der Waals surface area contributed by atoms with Crippen LogP contribution < -0.4 is 15.7 Å². The number of fused-ring (bicyclic) bond motifs is 1. The Kier molecular flexibility index (Phi) is 7.95. The van der Waals surface area contributed by atoms with E-state index in [0.29, 0.717) is 39.3 Å². The van der Waals surface area contributed by atoms with Gasteiger partial charge in [0.15, 0.2) is 0 Å². The molecular weight excluding hydrogens is 492 g/mol. The molecule has 1 saturated carbocycles. The first kappa shape index (κ1) is 27.1. The molecule has 1 aromatic heterocycles. The molecule has 1 fully saturated rings. The highest BCUT2D eigenvalue weighted by atomic mass is 35.5. The zero-order valence-corrected chi connectivity index (χ0v) is 22.7. The van der Waals surface area contributed by atoms with Crippen molar-refractivity contribution in [3.05, 3.63) is 63.1 Å². The van der Waals surface area contributed by atoms with Crippen LogP contribution >= 0.6 is 11.6 Å². The maximum absolute atomic E-state index is 13.8. The minimum Gasteiger partial charge on any atom is -0.496 e. The lowest BCUT2D eigenvalue weighted by atomic mass is 9.70. The number of aromatic nitrogens is 1. The summed E-state index contributed by atoms with van der Waals surface area (Å²) in [7, 11) is 1.60. The van der Waals surface area contributed by atoms with Gasteiger partial charge in [0.1, 0.15) is 11.4 Å². The molecule has 1 amide bonds. The number of nitrogens with zero attached hydrogens (tertiary/aromatic N) is 1. The highest BCUT2D eigenvalue weighted by molar-refractivity contribution is 6.30. The van der Waals surface area contributed by atoms with Crippen LogP contribution in [-0.4, -0.2) is 28.9 Å². The van der Waals surface area contributed by atoms with Crippen molar-refractivity contribution in [3.8, 4) is 5.75 Å². The van der Waals surface area contributed by atoms with Crippen molar-refractivity contribution in [1.82, 2.24) is 5.16 Å². The van der Waals surface area contributed by atoms with Crippen LogP contribution in [0.1, 0.15) is 70.1 Å². The fourth-order valence-corrected chi connectivity index (χ4v) is 5.88. The Morgan fingerprint density at radius 2 is 1.89 bits per heavy atom. The highest BCUT2D eigenvalue weighted by Gasteiger charge is 2.44. The van der Waals surface area contributed by atoms with Crippen molar-refractivity contribution in [3.63, 3.8) is 0 Å². The van der Waals surface area contributed by atoms with Gasteiger partial charge in [-0.1, -0.05) is 62.7 Å². The van der Waals surface area contributed by atoms with Gasteiger partial charge in [-0.3, -0.25) is 4.79 Å². The highest BCUT2D eigenvalue weighted by Crippen LogP contribution is 2.42. The molecule has 2 N–H and O–H groups in total. The minimum atomic E-state index is -1.64. The number of hydrogen-bond acceptors (Lipinski definition) is 6. The zero-order chi connectivity index (χ0) is 26.8. The van der Waals surface area contributed by atoms with Crippen molar-refractivity contribution in [2.75, 3.05) is 12.4 Å². The van der Waals surface area contributed by atoms with Gasteiger partial charge < -0.3 is 19.7 Å². The quantitative estimate of drug-likeness (QED) is 0.364. The van der Waals surface area contributed by atoms with Gasteiger partial charge in [-0.05, 0) is 67.5 Å². The lowest BCUT2D eigenvalue weighted by Gasteiger charge is -2.39. The number of rotatable bonds is 8. The molecule has 198 valence electrons. The number of nitrogens with one attached hydrogen (secondary N) is 1. The molecule has 2 aromatic carbocycles. The minimum absolute atomic E-state index is 0.177. The van der Waals surface area contributed by atoms with Gasteiger partial charge >= 0.3 is 5.63 Å². The normalized spacial score (nSPS) is 16.4. The number of aryl methyl sites for hydroxylation is 1. The van der Waals surface area contributed by atoms with E-state index in [0.717, 1.165) is 31.2 Å². The molecule has 1 atom stereocenters. The maximum Gasteiger partial charge on any atom is 0.366 e. The van der Waals surface area contributed by atoms with E-state index >= 15 is 0 Å². The summed E-state index contributed by atoms with van der Waals surface area (Å²) in [5, 5.41) is 20.3. The Morgan fingerprint density at radius 3 is 2.59 bits per heavy atom. The van der Waals surface area contributed by atoms with E-state index in [4.69, 9.17) is 20.9 Å². The fourth-order valence-electron chi connectivity index (χ4n) is 5.70. The molecule has 1 heterocycles. The Balaban J connectivity index is 1.68. The number of benzene rings is 2.